The summed E-state index contributed by atoms with van der Waals surface area (Å²) < 4.78 is 0. The summed E-state index contributed by atoms with van der Waals surface area (Å²) in [5.74, 6) is 1.04. The quantitative estimate of drug-likeness (QED) is 0.313. The van der Waals surface area contributed by atoms with Crippen molar-refractivity contribution in [1.82, 2.24) is 20.9 Å². The van der Waals surface area contributed by atoms with Gasteiger partial charge >= 0.3 is 0 Å². The summed E-state index contributed by atoms with van der Waals surface area (Å²) >= 11 is 0. The van der Waals surface area contributed by atoms with Crippen molar-refractivity contribution in [2.24, 2.45) is 4.99 Å². The van der Waals surface area contributed by atoms with E-state index in [1.54, 1.807) is 0 Å². The molecule has 1 rings (SSSR count). The van der Waals surface area contributed by atoms with Crippen LogP contribution >= 0.6 is 0 Å². The van der Waals surface area contributed by atoms with Gasteiger partial charge in [-0.15, -0.1) is 0 Å². The summed E-state index contributed by atoms with van der Waals surface area (Å²) in [6.45, 7) is 9.71. The maximum Gasteiger partial charge on any atom is 0.222 e. The Morgan fingerprint density at radius 3 is 2.75 bits per heavy atom. The van der Waals surface area contributed by atoms with Crippen LogP contribution in [0.5, 0.6) is 0 Å². The summed E-state index contributed by atoms with van der Waals surface area (Å²) in [5, 5.41) is 9.30. The SMILES string of the molecule is CCNC(=NCCCN1CCCC1=O)NCCC(=O)NC(C)CC. The van der Waals surface area contributed by atoms with Crippen molar-refractivity contribution in [3.63, 3.8) is 0 Å². The highest BCUT2D eigenvalue weighted by Crippen LogP contribution is 2.09. The van der Waals surface area contributed by atoms with E-state index in [4.69, 9.17) is 0 Å². The van der Waals surface area contributed by atoms with Gasteiger partial charge in [0, 0.05) is 51.6 Å². The van der Waals surface area contributed by atoms with Crippen molar-refractivity contribution in [2.75, 3.05) is 32.7 Å². The highest BCUT2D eigenvalue weighted by Gasteiger charge is 2.18. The van der Waals surface area contributed by atoms with E-state index in [1.165, 1.54) is 0 Å². The standard InChI is InChI=1S/C17H33N5O2/c1-4-14(3)21-15(23)9-11-20-17(18-5-2)19-10-7-13-22-12-6-8-16(22)24/h14H,4-13H2,1-3H3,(H,21,23)(H2,18,19,20). The molecule has 24 heavy (non-hydrogen) atoms. The van der Waals surface area contributed by atoms with Gasteiger partial charge in [-0.25, -0.2) is 0 Å². The Balaban J connectivity index is 2.24. The number of aliphatic imine (C=N–C) groups is 1. The van der Waals surface area contributed by atoms with Crippen LogP contribution < -0.4 is 16.0 Å². The first-order valence-electron chi connectivity index (χ1n) is 9.16. The van der Waals surface area contributed by atoms with Crippen molar-refractivity contribution in [2.45, 2.75) is 58.9 Å². The van der Waals surface area contributed by atoms with Gasteiger partial charge in [-0.05, 0) is 33.1 Å². The summed E-state index contributed by atoms with van der Waals surface area (Å²) in [5.41, 5.74) is 0. The molecule has 1 saturated heterocycles. The molecule has 0 saturated carbocycles. The molecule has 1 fully saturated rings. The summed E-state index contributed by atoms with van der Waals surface area (Å²) in [6, 6.07) is 0.215. The van der Waals surface area contributed by atoms with Gasteiger partial charge < -0.3 is 20.9 Å². The number of hydrogen-bond acceptors (Lipinski definition) is 3. The van der Waals surface area contributed by atoms with Crippen LogP contribution in [0.1, 0.15) is 52.9 Å². The van der Waals surface area contributed by atoms with E-state index in [1.807, 2.05) is 18.7 Å². The van der Waals surface area contributed by atoms with Crippen LogP contribution in [0.15, 0.2) is 4.99 Å². The van der Waals surface area contributed by atoms with Gasteiger partial charge in [-0.2, -0.15) is 0 Å². The lowest BCUT2D eigenvalue weighted by Gasteiger charge is -2.15. The van der Waals surface area contributed by atoms with Crippen LogP contribution in [-0.4, -0.2) is 61.4 Å². The van der Waals surface area contributed by atoms with E-state index in [9.17, 15) is 9.59 Å². The van der Waals surface area contributed by atoms with Crippen LogP contribution in [0.25, 0.3) is 0 Å². The molecule has 0 aromatic heterocycles. The third-order valence-electron chi connectivity index (χ3n) is 4.04. The maximum absolute atomic E-state index is 11.7. The van der Waals surface area contributed by atoms with E-state index in [0.717, 1.165) is 44.9 Å². The number of carbonyl (C=O) groups is 2. The van der Waals surface area contributed by atoms with Gasteiger partial charge in [0.2, 0.25) is 11.8 Å². The Morgan fingerprint density at radius 1 is 1.33 bits per heavy atom. The van der Waals surface area contributed by atoms with Gasteiger partial charge in [-0.1, -0.05) is 6.92 Å². The normalized spacial score (nSPS) is 16.2. The molecule has 1 unspecified atom stereocenters. The predicted molar refractivity (Wildman–Crippen MR) is 96.9 cm³/mol. The van der Waals surface area contributed by atoms with E-state index in [2.05, 4.69) is 27.9 Å². The fourth-order valence-corrected chi connectivity index (χ4v) is 2.48. The number of nitrogens with zero attached hydrogens (tertiary/aromatic N) is 2. The number of nitrogens with one attached hydrogen (secondary N) is 3. The van der Waals surface area contributed by atoms with Crippen molar-refractivity contribution in [3.8, 4) is 0 Å². The van der Waals surface area contributed by atoms with Gasteiger partial charge in [-0.3, -0.25) is 14.6 Å². The molecule has 1 atom stereocenters. The maximum atomic E-state index is 11.7. The Labute approximate surface area is 145 Å². The molecule has 7 heteroatoms. The molecule has 2 amide bonds. The van der Waals surface area contributed by atoms with E-state index in [0.29, 0.717) is 25.9 Å². The molecule has 1 heterocycles. The average Bonchev–Trinajstić information content (AvgIpc) is 2.96. The molecule has 138 valence electrons. The fourth-order valence-electron chi connectivity index (χ4n) is 2.48. The van der Waals surface area contributed by atoms with Gasteiger partial charge in [0.05, 0.1) is 0 Å². The average molecular weight is 339 g/mol. The Kier molecular flexibility index (Phi) is 9.88. The van der Waals surface area contributed by atoms with Gasteiger partial charge in [0.1, 0.15) is 0 Å². The Morgan fingerprint density at radius 2 is 2.12 bits per heavy atom. The molecule has 7 nitrogen and oxygen atoms in total. The van der Waals surface area contributed by atoms with Crippen LogP contribution in [0, 0.1) is 0 Å². The van der Waals surface area contributed by atoms with E-state index in [-0.39, 0.29) is 17.9 Å². The lowest BCUT2D eigenvalue weighted by atomic mass is 10.2. The Hall–Kier alpha value is -1.79. The summed E-state index contributed by atoms with van der Waals surface area (Å²) in [4.78, 5) is 29.7. The van der Waals surface area contributed by atoms with Crippen molar-refractivity contribution < 1.29 is 9.59 Å². The third-order valence-corrected chi connectivity index (χ3v) is 4.04. The number of likely N-dealkylation sites (tertiary alicyclic amines) is 1. The molecule has 1 aliphatic heterocycles. The molecule has 0 aromatic carbocycles. The molecule has 0 aliphatic carbocycles. The molecule has 3 N–H and O–H groups in total. The van der Waals surface area contributed by atoms with Crippen molar-refractivity contribution >= 4 is 17.8 Å². The smallest absolute Gasteiger partial charge is 0.222 e. The second-order valence-corrected chi connectivity index (χ2v) is 6.15. The van der Waals surface area contributed by atoms with Crippen molar-refractivity contribution in [1.29, 1.82) is 0 Å². The Bertz CT molecular complexity index is 425. The second-order valence-electron chi connectivity index (χ2n) is 6.15. The first-order chi connectivity index (χ1) is 11.6. The molecule has 0 radical (unpaired) electrons. The number of carbonyl (C=O) groups excluding carboxylic acids is 2. The molecule has 0 aromatic rings. The van der Waals surface area contributed by atoms with Gasteiger partial charge in [0.15, 0.2) is 5.96 Å². The second kappa shape index (κ2) is 11.7. The number of guanidine groups is 1. The van der Waals surface area contributed by atoms with E-state index >= 15 is 0 Å². The van der Waals surface area contributed by atoms with Crippen molar-refractivity contribution in [3.05, 3.63) is 0 Å². The number of rotatable bonds is 10. The number of hydrogen-bond donors (Lipinski definition) is 3. The van der Waals surface area contributed by atoms with Crippen LogP contribution in [0.4, 0.5) is 0 Å². The monoisotopic (exact) mass is 339 g/mol. The zero-order valence-corrected chi connectivity index (χ0v) is 15.4. The zero-order valence-electron chi connectivity index (χ0n) is 15.4. The predicted octanol–water partition coefficient (Wildman–Crippen LogP) is 0.859. The fraction of sp³-hybridized carbons (Fsp3) is 0.824. The molecule has 0 spiro atoms. The third kappa shape index (κ3) is 8.17. The highest BCUT2D eigenvalue weighted by molar-refractivity contribution is 5.81. The molecular weight excluding hydrogens is 306 g/mol. The topological polar surface area (TPSA) is 85.8 Å². The molecular formula is C17H33N5O2. The van der Waals surface area contributed by atoms with Crippen LogP contribution in [0.2, 0.25) is 0 Å². The minimum absolute atomic E-state index is 0.0558. The lowest BCUT2D eigenvalue weighted by molar-refractivity contribution is -0.127. The number of amides is 2. The molecule has 1 aliphatic rings. The zero-order chi connectivity index (χ0) is 17.8. The minimum atomic E-state index is 0.0558. The van der Waals surface area contributed by atoms with Gasteiger partial charge in [0.25, 0.3) is 0 Å². The first-order valence-corrected chi connectivity index (χ1v) is 9.16. The highest BCUT2D eigenvalue weighted by atomic mass is 16.2. The molecule has 0 bridgehead atoms. The lowest BCUT2D eigenvalue weighted by Crippen LogP contribution is -2.40. The minimum Gasteiger partial charge on any atom is -0.357 e. The van der Waals surface area contributed by atoms with Crippen LogP contribution in [0.3, 0.4) is 0 Å². The van der Waals surface area contributed by atoms with E-state index < -0.39 is 0 Å². The largest absolute Gasteiger partial charge is 0.357 e. The van der Waals surface area contributed by atoms with Crippen LogP contribution in [-0.2, 0) is 9.59 Å². The summed E-state index contributed by atoms with van der Waals surface area (Å²) in [7, 11) is 0. The summed E-state index contributed by atoms with van der Waals surface area (Å²) in [6.07, 6.45) is 3.88. The first kappa shape index (κ1) is 20.3.